The molecule has 1 unspecified atom stereocenters. The number of fused-ring (bicyclic) bond motifs is 1. The van der Waals surface area contributed by atoms with E-state index >= 15 is 0 Å². The van der Waals surface area contributed by atoms with Crippen LogP contribution in [0.1, 0.15) is 39.9 Å². The highest BCUT2D eigenvalue weighted by Crippen LogP contribution is 2.33. The Labute approximate surface area is 182 Å². The monoisotopic (exact) mass is 504 g/mol. The first-order valence-corrected chi connectivity index (χ1v) is 11.1. The Morgan fingerprint density at radius 1 is 1.07 bits per heavy atom. The molecule has 2 aliphatic heterocycles. The van der Waals surface area contributed by atoms with Crippen LogP contribution in [0.4, 0.5) is 0 Å². The molecule has 0 spiro atoms. The van der Waals surface area contributed by atoms with Crippen LogP contribution in [-0.2, 0) is 29.2 Å². The van der Waals surface area contributed by atoms with Crippen LogP contribution in [0.15, 0.2) is 42.5 Å². The second kappa shape index (κ2) is 8.52. The van der Waals surface area contributed by atoms with Crippen molar-refractivity contribution in [3.63, 3.8) is 0 Å². The van der Waals surface area contributed by atoms with Crippen LogP contribution in [-0.4, -0.2) is 33.1 Å². The van der Waals surface area contributed by atoms with Crippen molar-refractivity contribution in [3.05, 3.63) is 64.7 Å². The van der Waals surface area contributed by atoms with E-state index < -0.39 is 11.9 Å². The molecule has 0 saturated carbocycles. The second-order valence-corrected chi connectivity index (χ2v) is 8.31. The van der Waals surface area contributed by atoms with Gasteiger partial charge in [-0.3, -0.25) is 19.7 Å². The molecule has 4 rings (SSSR count). The lowest BCUT2D eigenvalue weighted by atomic mass is 10.0. The van der Waals surface area contributed by atoms with Crippen molar-refractivity contribution in [1.82, 2.24) is 10.2 Å². The zero-order valence-electron chi connectivity index (χ0n) is 15.8. The summed E-state index contributed by atoms with van der Waals surface area (Å²) < 4.78 is 7.11. The molecule has 6 nitrogen and oxygen atoms in total. The van der Waals surface area contributed by atoms with Crippen molar-refractivity contribution in [2.24, 2.45) is 0 Å². The maximum atomic E-state index is 12.9. The third kappa shape index (κ3) is 4.14. The largest absolute Gasteiger partial charge is 0.489 e. The first-order valence-electron chi connectivity index (χ1n) is 9.60. The van der Waals surface area contributed by atoms with Gasteiger partial charge in [-0.05, 0) is 36.1 Å². The van der Waals surface area contributed by atoms with Crippen LogP contribution in [0, 0.1) is 0 Å². The van der Waals surface area contributed by atoms with Gasteiger partial charge < -0.3 is 9.64 Å². The smallest absolute Gasteiger partial charge is 0.255 e. The average Bonchev–Trinajstić information content (AvgIpc) is 3.05. The summed E-state index contributed by atoms with van der Waals surface area (Å²) in [5.74, 6) is -0.231. The number of rotatable bonds is 6. The van der Waals surface area contributed by atoms with E-state index in [4.69, 9.17) is 4.74 Å². The van der Waals surface area contributed by atoms with E-state index in [1.54, 1.807) is 12.1 Å². The van der Waals surface area contributed by atoms with E-state index in [-0.39, 0.29) is 18.2 Å². The first-order chi connectivity index (χ1) is 14.1. The summed E-state index contributed by atoms with van der Waals surface area (Å²) in [6.45, 7) is 0.721. The van der Waals surface area contributed by atoms with E-state index in [0.29, 0.717) is 30.9 Å². The van der Waals surface area contributed by atoms with E-state index in [1.165, 1.54) is 10.5 Å². The molecule has 0 bridgehead atoms. The minimum Gasteiger partial charge on any atom is -0.489 e. The number of nitrogens with one attached hydrogen (secondary N) is 1. The molecule has 3 amide bonds. The van der Waals surface area contributed by atoms with E-state index in [0.717, 1.165) is 22.0 Å². The molecule has 1 fully saturated rings. The quantitative estimate of drug-likeness (QED) is 0.373. The summed E-state index contributed by atoms with van der Waals surface area (Å²) in [5.41, 5.74) is 3.72. The molecule has 150 valence electrons. The number of carbonyl (C=O) groups is 3. The van der Waals surface area contributed by atoms with Crippen molar-refractivity contribution in [3.8, 4) is 5.75 Å². The fourth-order valence-electron chi connectivity index (χ4n) is 3.76. The van der Waals surface area contributed by atoms with Crippen LogP contribution in [0.3, 0.4) is 0 Å². The zero-order valence-corrected chi connectivity index (χ0v) is 18.0. The van der Waals surface area contributed by atoms with Gasteiger partial charge in [-0.1, -0.05) is 52.9 Å². The number of carbonyl (C=O) groups excluding carboxylic acids is 3. The Hall–Kier alpha value is -2.42. The molecule has 0 aromatic heterocycles. The van der Waals surface area contributed by atoms with E-state index in [2.05, 4.69) is 52.2 Å². The molecule has 2 aliphatic rings. The van der Waals surface area contributed by atoms with Gasteiger partial charge in [-0.2, -0.15) is 0 Å². The molecule has 0 aliphatic carbocycles. The topological polar surface area (TPSA) is 75.7 Å². The number of hydrogen-bond acceptors (Lipinski definition) is 4. The van der Waals surface area contributed by atoms with E-state index in [9.17, 15) is 14.4 Å². The van der Waals surface area contributed by atoms with Gasteiger partial charge in [0.15, 0.2) is 0 Å². The number of piperidine rings is 1. The molecule has 1 N–H and O–H groups in total. The zero-order chi connectivity index (χ0) is 20.4. The Balaban J connectivity index is 1.48. The summed E-state index contributed by atoms with van der Waals surface area (Å²) in [7, 11) is 0. The Bertz CT molecular complexity index is 958. The van der Waals surface area contributed by atoms with Gasteiger partial charge in [-0.25, -0.2) is 0 Å². The van der Waals surface area contributed by atoms with Gasteiger partial charge in [-0.15, -0.1) is 0 Å². The molecule has 0 radical (unpaired) electrons. The maximum Gasteiger partial charge on any atom is 0.255 e. The lowest BCUT2D eigenvalue weighted by molar-refractivity contribution is -0.136. The normalized spacial score (nSPS) is 18.6. The standard InChI is InChI=1S/C22H21IN2O4/c23-11-10-14-4-6-15(7-5-14)13-29-19-3-1-2-16-17(19)12-25(22(16)28)18-8-9-20(26)24-21(18)27/h1-7,18H,8-13H2,(H,24,26,27). The maximum absolute atomic E-state index is 12.9. The molecule has 1 saturated heterocycles. The third-order valence-electron chi connectivity index (χ3n) is 5.34. The fourth-order valence-corrected chi connectivity index (χ4v) is 4.39. The van der Waals surface area contributed by atoms with Crippen molar-refractivity contribution in [2.75, 3.05) is 4.43 Å². The lowest BCUT2D eigenvalue weighted by Gasteiger charge is -2.29. The number of benzene rings is 2. The molecule has 2 aromatic carbocycles. The van der Waals surface area contributed by atoms with Crippen LogP contribution in [0.25, 0.3) is 0 Å². The lowest BCUT2D eigenvalue weighted by Crippen LogP contribution is -2.52. The summed E-state index contributed by atoms with van der Waals surface area (Å²) in [4.78, 5) is 38.0. The highest BCUT2D eigenvalue weighted by molar-refractivity contribution is 14.1. The van der Waals surface area contributed by atoms with Gasteiger partial charge in [0.05, 0.1) is 6.54 Å². The number of imide groups is 1. The van der Waals surface area contributed by atoms with Crippen LogP contribution in [0.2, 0.25) is 0 Å². The second-order valence-electron chi connectivity index (χ2n) is 7.23. The van der Waals surface area contributed by atoms with Gasteiger partial charge in [0.2, 0.25) is 11.8 Å². The molecular formula is C22H21IN2O4. The molecular weight excluding hydrogens is 483 g/mol. The number of aryl methyl sites for hydroxylation is 1. The predicted octanol–water partition coefficient (Wildman–Crippen LogP) is 3.00. The highest BCUT2D eigenvalue weighted by Gasteiger charge is 2.40. The third-order valence-corrected chi connectivity index (χ3v) is 5.88. The Morgan fingerprint density at radius 3 is 2.55 bits per heavy atom. The predicted molar refractivity (Wildman–Crippen MR) is 116 cm³/mol. The number of halogens is 1. The molecule has 2 heterocycles. The fraction of sp³-hybridized carbons (Fsp3) is 0.318. The van der Waals surface area contributed by atoms with Crippen LogP contribution < -0.4 is 10.1 Å². The summed E-state index contributed by atoms with van der Waals surface area (Å²) in [6, 6.07) is 13.1. The summed E-state index contributed by atoms with van der Waals surface area (Å²) >= 11 is 2.36. The van der Waals surface area contributed by atoms with Gasteiger partial charge >= 0.3 is 0 Å². The average molecular weight is 504 g/mol. The SMILES string of the molecule is O=C1CCC(N2Cc3c(OCc4ccc(CCI)cc4)cccc3C2=O)C(=O)N1. The molecule has 29 heavy (non-hydrogen) atoms. The molecule has 1 atom stereocenters. The van der Waals surface area contributed by atoms with Crippen molar-refractivity contribution in [2.45, 2.75) is 38.5 Å². The van der Waals surface area contributed by atoms with Crippen LogP contribution in [0.5, 0.6) is 5.75 Å². The number of hydrogen-bond donors (Lipinski definition) is 1. The minimum absolute atomic E-state index is 0.192. The number of nitrogens with zero attached hydrogens (tertiary/aromatic N) is 1. The van der Waals surface area contributed by atoms with Crippen molar-refractivity contribution in [1.29, 1.82) is 0 Å². The Morgan fingerprint density at radius 2 is 1.83 bits per heavy atom. The van der Waals surface area contributed by atoms with Crippen molar-refractivity contribution >= 4 is 40.3 Å². The van der Waals surface area contributed by atoms with Gasteiger partial charge in [0.25, 0.3) is 5.91 Å². The number of ether oxygens (including phenoxy) is 1. The van der Waals surface area contributed by atoms with Gasteiger partial charge in [0.1, 0.15) is 18.4 Å². The van der Waals surface area contributed by atoms with E-state index in [1.807, 2.05) is 6.07 Å². The highest BCUT2D eigenvalue weighted by atomic mass is 127. The summed E-state index contributed by atoms with van der Waals surface area (Å²) in [6.07, 6.45) is 1.64. The first kappa shape index (κ1) is 19.9. The number of amides is 3. The minimum atomic E-state index is -0.620. The van der Waals surface area contributed by atoms with Crippen LogP contribution >= 0.6 is 22.6 Å². The molecule has 7 heteroatoms. The Kier molecular flexibility index (Phi) is 5.84. The van der Waals surface area contributed by atoms with Crippen molar-refractivity contribution < 1.29 is 19.1 Å². The number of alkyl halides is 1. The summed E-state index contributed by atoms with van der Waals surface area (Å²) in [5, 5.41) is 2.32. The molecule has 2 aromatic rings. The van der Waals surface area contributed by atoms with Gasteiger partial charge in [0, 0.05) is 22.0 Å².